The summed E-state index contributed by atoms with van der Waals surface area (Å²) >= 11 is 0. The number of benzene rings is 1. The topological polar surface area (TPSA) is 71.2 Å². The number of nitrogens with one attached hydrogen (secondary N) is 1. The third-order valence-electron chi connectivity index (χ3n) is 3.09. The maximum absolute atomic E-state index is 9.45. The van der Waals surface area contributed by atoms with Crippen LogP contribution in [-0.4, -0.2) is 27.9 Å². The van der Waals surface area contributed by atoms with Crippen molar-refractivity contribution in [1.82, 2.24) is 15.5 Å². The number of rotatable bonds is 3. The Morgan fingerprint density at radius 3 is 2.89 bits per heavy atom. The number of β-amino-alcohol motifs (C(OH)–C–C–N with tert-alkyl or cyclic N) is 1. The second-order valence-corrected chi connectivity index (χ2v) is 4.56. The van der Waals surface area contributed by atoms with Gasteiger partial charge in [0, 0.05) is 13.0 Å². The fourth-order valence-corrected chi connectivity index (χ4v) is 2.16. The largest absolute Gasteiger partial charge is 0.392 e. The summed E-state index contributed by atoms with van der Waals surface area (Å²) in [5, 5.41) is 16.6. The lowest BCUT2D eigenvalue weighted by atomic mass is 10.1. The van der Waals surface area contributed by atoms with Crippen LogP contribution < -0.4 is 5.32 Å². The molecule has 2 heterocycles. The number of hydrogen-bond acceptors (Lipinski definition) is 5. The van der Waals surface area contributed by atoms with Gasteiger partial charge in [-0.15, -0.1) is 0 Å². The normalized spacial score (nSPS) is 23.4. The van der Waals surface area contributed by atoms with Crippen molar-refractivity contribution in [2.75, 3.05) is 6.54 Å². The summed E-state index contributed by atoms with van der Waals surface area (Å²) in [6.07, 6.45) is 0.978. The van der Waals surface area contributed by atoms with Gasteiger partial charge in [0.15, 0.2) is 5.82 Å². The van der Waals surface area contributed by atoms with Crippen LogP contribution in [0.2, 0.25) is 0 Å². The molecule has 0 amide bonds. The molecule has 94 valence electrons. The van der Waals surface area contributed by atoms with E-state index >= 15 is 0 Å². The zero-order chi connectivity index (χ0) is 12.4. The molecule has 2 unspecified atom stereocenters. The average Bonchev–Trinajstić information content (AvgIpc) is 2.99. The zero-order valence-electron chi connectivity index (χ0n) is 9.91. The third-order valence-corrected chi connectivity index (χ3v) is 3.09. The van der Waals surface area contributed by atoms with Crippen LogP contribution in [0.1, 0.15) is 29.7 Å². The van der Waals surface area contributed by atoms with Crippen molar-refractivity contribution in [1.29, 1.82) is 0 Å². The van der Waals surface area contributed by atoms with Crippen molar-refractivity contribution in [3.05, 3.63) is 47.6 Å². The fourth-order valence-electron chi connectivity index (χ4n) is 2.16. The van der Waals surface area contributed by atoms with Gasteiger partial charge >= 0.3 is 0 Å². The smallest absolute Gasteiger partial charge is 0.243 e. The van der Waals surface area contributed by atoms with E-state index in [4.69, 9.17) is 4.52 Å². The minimum atomic E-state index is -0.320. The van der Waals surface area contributed by atoms with Crippen LogP contribution in [0.5, 0.6) is 0 Å². The minimum Gasteiger partial charge on any atom is -0.392 e. The summed E-state index contributed by atoms with van der Waals surface area (Å²) < 4.78 is 5.23. The number of nitrogens with zero attached hydrogens (tertiary/aromatic N) is 2. The Morgan fingerprint density at radius 1 is 1.33 bits per heavy atom. The second kappa shape index (κ2) is 4.88. The van der Waals surface area contributed by atoms with Crippen LogP contribution in [0.3, 0.4) is 0 Å². The quantitative estimate of drug-likeness (QED) is 0.846. The first-order chi connectivity index (χ1) is 8.81. The summed E-state index contributed by atoms with van der Waals surface area (Å²) in [5.41, 5.74) is 1.16. The molecule has 2 aromatic rings. The first kappa shape index (κ1) is 11.4. The summed E-state index contributed by atoms with van der Waals surface area (Å²) in [5.74, 6) is 1.25. The molecule has 0 radical (unpaired) electrons. The molecular formula is C13H15N3O2. The molecule has 5 heteroatoms. The molecule has 1 aromatic carbocycles. The molecule has 0 saturated carbocycles. The predicted molar refractivity (Wildman–Crippen MR) is 64.9 cm³/mol. The Hall–Kier alpha value is -1.72. The molecule has 18 heavy (non-hydrogen) atoms. The van der Waals surface area contributed by atoms with E-state index in [0.29, 0.717) is 31.1 Å². The highest BCUT2D eigenvalue weighted by Gasteiger charge is 2.27. The standard InChI is InChI=1S/C13H15N3O2/c17-10-7-11(14-8-10)13-15-12(16-18-13)6-9-4-2-1-3-5-9/h1-5,10-11,14,17H,6-8H2. The first-order valence-corrected chi connectivity index (χ1v) is 6.09. The predicted octanol–water partition coefficient (Wildman–Crippen LogP) is 1.06. The highest BCUT2D eigenvalue weighted by molar-refractivity contribution is 5.18. The Morgan fingerprint density at radius 2 is 2.17 bits per heavy atom. The van der Waals surface area contributed by atoms with E-state index in [2.05, 4.69) is 15.5 Å². The van der Waals surface area contributed by atoms with Crippen molar-refractivity contribution >= 4 is 0 Å². The molecule has 1 aliphatic rings. The van der Waals surface area contributed by atoms with Crippen LogP contribution >= 0.6 is 0 Å². The molecule has 2 atom stereocenters. The van der Waals surface area contributed by atoms with Crippen molar-refractivity contribution < 1.29 is 9.63 Å². The summed E-state index contributed by atoms with van der Waals surface area (Å²) in [6.45, 7) is 0.584. The first-order valence-electron chi connectivity index (χ1n) is 6.09. The zero-order valence-corrected chi connectivity index (χ0v) is 9.91. The number of hydrogen-bond donors (Lipinski definition) is 2. The molecule has 3 rings (SSSR count). The van der Waals surface area contributed by atoms with Gasteiger partial charge in [0.1, 0.15) is 0 Å². The Bertz CT molecular complexity index is 512. The minimum absolute atomic E-state index is 0.0166. The van der Waals surface area contributed by atoms with E-state index in [0.717, 1.165) is 5.56 Å². The van der Waals surface area contributed by atoms with Crippen molar-refractivity contribution in [2.45, 2.75) is 25.0 Å². The Balaban J connectivity index is 1.70. The lowest BCUT2D eigenvalue weighted by Gasteiger charge is -2.01. The highest BCUT2D eigenvalue weighted by atomic mass is 16.5. The van der Waals surface area contributed by atoms with Gasteiger partial charge in [-0.1, -0.05) is 35.5 Å². The maximum atomic E-state index is 9.45. The van der Waals surface area contributed by atoms with Gasteiger partial charge in [0.2, 0.25) is 5.89 Å². The Labute approximate surface area is 105 Å². The van der Waals surface area contributed by atoms with Gasteiger partial charge < -0.3 is 14.9 Å². The van der Waals surface area contributed by atoms with Crippen LogP contribution in [0.25, 0.3) is 0 Å². The van der Waals surface area contributed by atoms with Gasteiger partial charge in [-0.25, -0.2) is 0 Å². The van der Waals surface area contributed by atoms with Crippen molar-refractivity contribution in [2.24, 2.45) is 0 Å². The van der Waals surface area contributed by atoms with Crippen molar-refractivity contribution in [3.63, 3.8) is 0 Å². The lowest BCUT2D eigenvalue weighted by molar-refractivity contribution is 0.191. The molecule has 0 bridgehead atoms. The molecule has 1 fully saturated rings. The maximum Gasteiger partial charge on any atom is 0.243 e. The molecule has 1 aromatic heterocycles. The van der Waals surface area contributed by atoms with E-state index in [1.165, 1.54) is 0 Å². The van der Waals surface area contributed by atoms with Gasteiger partial charge in [0.05, 0.1) is 12.1 Å². The summed E-state index contributed by atoms with van der Waals surface area (Å²) in [7, 11) is 0. The van der Waals surface area contributed by atoms with E-state index in [-0.39, 0.29) is 12.1 Å². The van der Waals surface area contributed by atoms with Crippen molar-refractivity contribution in [3.8, 4) is 0 Å². The second-order valence-electron chi connectivity index (χ2n) is 4.56. The molecule has 1 saturated heterocycles. The van der Waals surface area contributed by atoms with Gasteiger partial charge in [0.25, 0.3) is 0 Å². The molecule has 2 N–H and O–H groups in total. The van der Waals surface area contributed by atoms with Crippen LogP contribution in [0.15, 0.2) is 34.9 Å². The SMILES string of the molecule is OC1CNC(c2nc(Cc3ccccc3)no2)C1. The van der Waals surface area contributed by atoms with Crippen LogP contribution in [0, 0.1) is 0 Å². The van der Waals surface area contributed by atoms with E-state index < -0.39 is 0 Å². The highest BCUT2D eigenvalue weighted by Crippen LogP contribution is 2.22. The Kier molecular flexibility index (Phi) is 3.08. The van der Waals surface area contributed by atoms with E-state index in [9.17, 15) is 5.11 Å². The van der Waals surface area contributed by atoms with Gasteiger partial charge in [-0.3, -0.25) is 0 Å². The average molecular weight is 245 g/mol. The van der Waals surface area contributed by atoms with Gasteiger partial charge in [-0.05, 0) is 12.0 Å². The fraction of sp³-hybridized carbons (Fsp3) is 0.385. The number of aliphatic hydroxyl groups excluding tert-OH is 1. The molecule has 1 aliphatic heterocycles. The van der Waals surface area contributed by atoms with Crippen LogP contribution in [-0.2, 0) is 6.42 Å². The summed E-state index contributed by atoms with van der Waals surface area (Å²) in [4.78, 5) is 4.37. The molecule has 0 aliphatic carbocycles. The third kappa shape index (κ3) is 2.42. The number of aromatic nitrogens is 2. The van der Waals surface area contributed by atoms with E-state index in [1.807, 2.05) is 30.3 Å². The number of aliphatic hydroxyl groups is 1. The van der Waals surface area contributed by atoms with Gasteiger partial charge in [-0.2, -0.15) is 4.98 Å². The monoisotopic (exact) mass is 245 g/mol. The molecule has 0 spiro atoms. The van der Waals surface area contributed by atoms with Crippen LogP contribution in [0.4, 0.5) is 0 Å². The molecular weight excluding hydrogens is 230 g/mol. The lowest BCUT2D eigenvalue weighted by Crippen LogP contribution is -2.15. The molecule has 5 nitrogen and oxygen atoms in total. The summed E-state index contributed by atoms with van der Waals surface area (Å²) in [6, 6.07) is 10.0. The van der Waals surface area contributed by atoms with E-state index in [1.54, 1.807) is 0 Å².